The molecule has 0 aliphatic carbocycles. The molecule has 0 aliphatic heterocycles. The van der Waals surface area contributed by atoms with E-state index in [1.54, 1.807) is 0 Å². The predicted octanol–water partition coefficient (Wildman–Crippen LogP) is 0.141. The van der Waals surface area contributed by atoms with E-state index in [0.717, 1.165) is 0 Å². The summed E-state index contributed by atoms with van der Waals surface area (Å²) in [5.74, 6) is 0. The zero-order chi connectivity index (χ0) is 4.83. The summed E-state index contributed by atoms with van der Waals surface area (Å²) >= 11 is 3.28. The molecular formula is C2H3NO2S. The summed E-state index contributed by atoms with van der Waals surface area (Å²) in [4.78, 5) is 12.1. The summed E-state index contributed by atoms with van der Waals surface area (Å²) in [6, 6.07) is 0. The van der Waals surface area contributed by atoms with Crippen LogP contribution in [0, 0.1) is 0 Å². The first-order valence-electron chi connectivity index (χ1n) is 1.22. The van der Waals surface area contributed by atoms with Gasteiger partial charge in [-0.1, -0.05) is 0 Å². The third-order valence-corrected chi connectivity index (χ3v) is 0.302. The molecule has 0 rings (SSSR count). The Hall–Kier alpha value is -0.310. The molecule has 0 aliphatic rings. The molecule has 0 aromatic rings. The molecule has 0 heterocycles. The minimum absolute atomic E-state index is 0.0212. The van der Waals surface area contributed by atoms with Crippen molar-refractivity contribution in [2.24, 2.45) is 4.99 Å². The van der Waals surface area contributed by atoms with Gasteiger partial charge in [0.05, 0.1) is 0 Å². The number of nitrogens with zero attached hydrogens (tertiary/aromatic N) is 1. The molecule has 0 aromatic heterocycles. The zero-order valence-electron chi connectivity index (χ0n) is 2.92. The minimum Gasteiger partial charge on any atom is -0.294 e. The Morgan fingerprint density at radius 2 is 2.67 bits per heavy atom. The van der Waals surface area contributed by atoms with Gasteiger partial charge in [-0.2, -0.15) is 4.99 Å². The van der Waals surface area contributed by atoms with Crippen LogP contribution >= 0.6 is 12.9 Å². The highest BCUT2D eigenvalue weighted by atomic mass is 32.1. The van der Waals surface area contributed by atoms with Gasteiger partial charge in [0.15, 0.2) is 6.73 Å². The Labute approximate surface area is 40.6 Å². The smallest absolute Gasteiger partial charge is 0.237 e. The van der Waals surface area contributed by atoms with Crippen molar-refractivity contribution >= 4 is 19.0 Å². The number of hydrogen-bond acceptors (Lipinski definition) is 4. The van der Waals surface area contributed by atoms with Crippen molar-refractivity contribution in [1.29, 1.82) is 0 Å². The van der Waals surface area contributed by atoms with Gasteiger partial charge in [0.2, 0.25) is 6.08 Å². The molecule has 0 saturated heterocycles. The second-order valence-electron chi connectivity index (χ2n) is 0.508. The van der Waals surface area contributed by atoms with Crippen LogP contribution in [0.3, 0.4) is 0 Å². The molecule has 0 aromatic carbocycles. The maximum absolute atomic E-state index is 9.16. The molecule has 0 N–H and O–H groups in total. The Morgan fingerprint density at radius 3 is 2.83 bits per heavy atom. The minimum atomic E-state index is -0.0212. The van der Waals surface area contributed by atoms with Crippen LogP contribution in [0.1, 0.15) is 0 Å². The van der Waals surface area contributed by atoms with Gasteiger partial charge >= 0.3 is 0 Å². The van der Waals surface area contributed by atoms with Gasteiger partial charge in [-0.15, -0.1) is 0 Å². The fourth-order valence-electron chi connectivity index (χ4n) is 0.0552. The van der Waals surface area contributed by atoms with Crippen molar-refractivity contribution < 1.29 is 8.98 Å². The molecule has 0 fully saturated rings. The van der Waals surface area contributed by atoms with E-state index in [1.165, 1.54) is 6.08 Å². The van der Waals surface area contributed by atoms with Gasteiger partial charge in [0.25, 0.3) is 0 Å². The van der Waals surface area contributed by atoms with Crippen LogP contribution in [0.15, 0.2) is 4.99 Å². The van der Waals surface area contributed by atoms with Gasteiger partial charge in [-0.3, -0.25) is 4.18 Å². The third-order valence-electron chi connectivity index (χ3n) is 0.187. The highest BCUT2D eigenvalue weighted by molar-refractivity contribution is 7.75. The molecule has 0 saturated carbocycles. The van der Waals surface area contributed by atoms with Crippen molar-refractivity contribution in [3.8, 4) is 0 Å². The summed E-state index contributed by atoms with van der Waals surface area (Å²) in [5, 5.41) is 0. The van der Waals surface area contributed by atoms with Crippen molar-refractivity contribution in [2.75, 3.05) is 6.73 Å². The van der Waals surface area contributed by atoms with Crippen molar-refractivity contribution in [3.63, 3.8) is 0 Å². The van der Waals surface area contributed by atoms with Crippen LogP contribution in [0.4, 0.5) is 0 Å². The van der Waals surface area contributed by atoms with E-state index in [-0.39, 0.29) is 6.73 Å². The molecule has 0 unspecified atom stereocenters. The Balaban J connectivity index is 2.86. The summed E-state index contributed by atoms with van der Waals surface area (Å²) in [6.07, 6.45) is 1.27. The van der Waals surface area contributed by atoms with Gasteiger partial charge in [-0.25, -0.2) is 4.79 Å². The fraction of sp³-hybridized carbons (Fsp3) is 0.500. The zero-order valence-corrected chi connectivity index (χ0v) is 3.81. The lowest BCUT2D eigenvalue weighted by molar-refractivity contribution is 0.397. The average Bonchev–Trinajstić information content (AvgIpc) is 1.61. The highest BCUT2D eigenvalue weighted by Crippen LogP contribution is 1.73. The molecule has 0 radical (unpaired) electrons. The van der Waals surface area contributed by atoms with Gasteiger partial charge in [0, 0.05) is 0 Å². The highest BCUT2D eigenvalue weighted by Gasteiger charge is 1.64. The Bertz CT molecular complexity index is 67.9. The lowest BCUT2D eigenvalue weighted by Crippen LogP contribution is -1.71. The number of hydrogen-bond donors (Lipinski definition) is 1. The molecule has 3 nitrogen and oxygen atoms in total. The molecular weight excluding hydrogens is 102 g/mol. The maximum Gasteiger partial charge on any atom is 0.237 e. The number of thiol groups is 1. The van der Waals surface area contributed by atoms with Gasteiger partial charge < -0.3 is 0 Å². The standard InChI is InChI=1S/C2H3NO2S/c4-1-3-2-5-6/h6H,2H2. The lowest BCUT2D eigenvalue weighted by Gasteiger charge is -1.75. The van der Waals surface area contributed by atoms with E-state index in [0.29, 0.717) is 0 Å². The molecule has 0 bridgehead atoms. The molecule has 0 spiro atoms. The predicted molar refractivity (Wildman–Crippen MR) is 23.1 cm³/mol. The first kappa shape index (κ1) is 5.69. The van der Waals surface area contributed by atoms with Crippen LogP contribution < -0.4 is 0 Å². The first-order valence-corrected chi connectivity index (χ1v) is 1.58. The van der Waals surface area contributed by atoms with E-state index in [1.807, 2.05) is 0 Å². The van der Waals surface area contributed by atoms with E-state index in [9.17, 15) is 0 Å². The Morgan fingerprint density at radius 1 is 2.00 bits per heavy atom. The van der Waals surface area contributed by atoms with Gasteiger partial charge in [0.1, 0.15) is 0 Å². The average molecular weight is 105 g/mol. The number of rotatable bonds is 2. The monoisotopic (exact) mass is 105 g/mol. The molecule has 0 amide bonds. The maximum atomic E-state index is 9.16. The van der Waals surface area contributed by atoms with E-state index in [2.05, 4.69) is 22.1 Å². The second-order valence-corrected chi connectivity index (χ2v) is 0.766. The topological polar surface area (TPSA) is 38.7 Å². The largest absolute Gasteiger partial charge is 0.294 e. The lowest BCUT2D eigenvalue weighted by atomic mass is 11.3. The Kier molecular flexibility index (Phi) is 4.45. The van der Waals surface area contributed by atoms with Gasteiger partial charge in [-0.05, 0) is 12.9 Å². The van der Waals surface area contributed by atoms with Crippen LogP contribution in [0.2, 0.25) is 0 Å². The van der Waals surface area contributed by atoms with Crippen molar-refractivity contribution in [2.45, 2.75) is 0 Å². The number of isocyanates is 1. The summed E-state index contributed by atoms with van der Waals surface area (Å²) in [5.41, 5.74) is 0. The molecule has 0 atom stereocenters. The molecule has 6 heavy (non-hydrogen) atoms. The van der Waals surface area contributed by atoms with Crippen LogP contribution in [0.25, 0.3) is 0 Å². The second kappa shape index (κ2) is 4.69. The summed E-state index contributed by atoms with van der Waals surface area (Å²) < 4.78 is 4.05. The third kappa shape index (κ3) is 3.69. The summed E-state index contributed by atoms with van der Waals surface area (Å²) in [6.45, 7) is -0.0212. The summed E-state index contributed by atoms with van der Waals surface area (Å²) in [7, 11) is 0. The number of aliphatic imine (C=N–C) groups is 1. The van der Waals surface area contributed by atoms with E-state index >= 15 is 0 Å². The van der Waals surface area contributed by atoms with Crippen LogP contribution in [-0.4, -0.2) is 12.8 Å². The SMILES string of the molecule is O=C=NCOS. The van der Waals surface area contributed by atoms with Crippen molar-refractivity contribution in [3.05, 3.63) is 0 Å². The number of carbonyl (C=O) groups excluding carboxylic acids is 1. The first-order chi connectivity index (χ1) is 2.91. The molecule has 4 heteroatoms. The van der Waals surface area contributed by atoms with E-state index < -0.39 is 0 Å². The fourth-order valence-corrected chi connectivity index (χ4v) is 0.113. The molecule has 34 valence electrons. The van der Waals surface area contributed by atoms with Crippen molar-refractivity contribution in [1.82, 2.24) is 0 Å². The van der Waals surface area contributed by atoms with E-state index in [4.69, 9.17) is 4.79 Å². The van der Waals surface area contributed by atoms with Crippen LogP contribution in [-0.2, 0) is 8.98 Å². The van der Waals surface area contributed by atoms with Crippen LogP contribution in [0.5, 0.6) is 0 Å². The quantitative estimate of drug-likeness (QED) is 0.235. The normalized spacial score (nSPS) is 6.83.